The molecule has 268 valence electrons. The van der Waals surface area contributed by atoms with E-state index >= 15 is 0 Å². The van der Waals surface area contributed by atoms with Crippen LogP contribution in [0.1, 0.15) is 0 Å². The second kappa shape index (κ2) is 13.0. The summed E-state index contributed by atoms with van der Waals surface area (Å²) in [6, 6.07) is 81.1. The van der Waals surface area contributed by atoms with Crippen LogP contribution in [0, 0.1) is 0 Å². The Balaban J connectivity index is 1.11. The largest absolute Gasteiger partial charge is 0.0616 e. The minimum Gasteiger partial charge on any atom is -0.0616 e. The highest BCUT2D eigenvalue weighted by atomic mass is 14.2. The summed E-state index contributed by atoms with van der Waals surface area (Å²) in [5, 5.41) is 17.7. The maximum Gasteiger partial charge on any atom is -0.00259 e. The van der Waals surface area contributed by atoms with Gasteiger partial charge in [-0.2, -0.15) is 0 Å². The molecule has 0 bridgehead atoms. The lowest BCUT2D eigenvalue weighted by Crippen LogP contribution is -1.92. The minimum atomic E-state index is 1.20. The molecule has 0 fully saturated rings. The van der Waals surface area contributed by atoms with E-state index in [1.807, 2.05) is 0 Å². The van der Waals surface area contributed by atoms with Gasteiger partial charge in [0.2, 0.25) is 0 Å². The van der Waals surface area contributed by atoms with E-state index in [1.54, 1.807) is 0 Å². The van der Waals surface area contributed by atoms with E-state index < -0.39 is 0 Å². The maximum atomic E-state index is 2.45. The van der Waals surface area contributed by atoms with Gasteiger partial charge in [0.25, 0.3) is 0 Å². The molecule has 12 rings (SSSR count). The van der Waals surface area contributed by atoms with Crippen molar-refractivity contribution in [2.24, 2.45) is 0 Å². The smallest absolute Gasteiger partial charge is 0.00259 e. The van der Waals surface area contributed by atoms with E-state index in [9.17, 15) is 0 Å². The molecule has 0 heteroatoms. The van der Waals surface area contributed by atoms with Crippen molar-refractivity contribution in [3.8, 4) is 44.5 Å². The summed E-state index contributed by atoms with van der Waals surface area (Å²) < 4.78 is 0. The molecule has 0 aliphatic carbocycles. The predicted molar refractivity (Wildman–Crippen MR) is 251 cm³/mol. The Morgan fingerprint density at radius 3 is 1.34 bits per heavy atom. The SMILES string of the molecule is c1cc(-c2ccc3c(-c4ccc5ccccc5c4)c4ccccc4c(-c4ccc5ccccc5c4)c3c2)cc(-c2cc3ccc4ccccc4c3c3ccccc23)c1. The highest BCUT2D eigenvalue weighted by Crippen LogP contribution is 2.46. The molecule has 0 aromatic heterocycles. The Hall–Kier alpha value is -7.54. The zero-order chi connectivity index (χ0) is 38.2. The van der Waals surface area contributed by atoms with E-state index in [0.29, 0.717) is 0 Å². The Morgan fingerprint density at radius 2 is 0.655 bits per heavy atom. The predicted octanol–water partition coefficient (Wildman–Crippen LogP) is 16.4. The van der Waals surface area contributed by atoms with Crippen LogP contribution in [0.15, 0.2) is 218 Å². The average molecular weight is 733 g/mol. The number of hydrogen-bond acceptors (Lipinski definition) is 0. The topological polar surface area (TPSA) is 0 Å². The van der Waals surface area contributed by atoms with Gasteiger partial charge in [-0.3, -0.25) is 0 Å². The van der Waals surface area contributed by atoms with Gasteiger partial charge in [-0.15, -0.1) is 0 Å². The molecule has 0 N–H and O–H groups in total. The van der Waals surface area contributed by atoms with Crippen molar-refractivity contribution in [2.45, 2.75) is 0 Å². The summed E-state index contributed by atoms with van der Waals surface area (Å²) in [5.41, 5.74) is 9.88. The molecule has 58 heavy (non-hydrogen) atoms. The van der Waals surface area contributed by atoms with Crippen molar-refractivity contribution < 1.29 is 0 Å². The summed E-state index contributed by atoms with van der Waals surface area (Å²) in [6.07, 6.45) is 0. The molecule has 0 nitrogen and oxygen atoms in total. The van der Waals surface area contributed by atoms with Crippen LogP contribution in [0.25, 0.3) is 120 Å². The first-order valence-electron chi connectivity index (χ1n) is 20.2. The molecule has 12 aromatic carbocycles. The maximum absolute atomic E-state index is 2.45. The quantitative estimate of drug-likeness (QED) is 0.125. The van der Waals surface area contributed by atoms with Crippen molar-refractivity contribution in [3.05, 3.63) is 218 Å². The van der Waals surface area contributed by atoms with E-state index in [-0.39, 0.29) is 0 Å². The lowest BCUT2D eigenvalue weighted by molar-refractivity contribution is 1.62. The molecular formula is C58H36. The summed E-state index contributed by atoms with van der Waals surface area (Å²) in [6.45, 7) is 0. The first kappa shape index (κ1) is 32.7. The van der Waals surface area contributed by atoms with Crippen molar-refractivity contribution in [2.75, 3.05) is 0 Å². The Bertz CT molecular complexity index is 3620. The molecule has 0 heterocycles. The second-order valence-electron chi connectivity index (χ2n) is 15.6. The van der Waals surface area contributed by atoms with Gasteiger partial charge in [0.05, 0.1) is 0 Å². The van der Waals surface area contributed by atoms with Gasteiger partial charge < -0.3 is 0 Å². The standard InChI is InChI=1S/C58H36/c1-3-15-40-33-45(27-24-37(40)12-1)57-51-22-9-10-23-52(51)58(46-28-25-38-13-2-4-16-41(38)34-46)55-35-43(30-31-53(55)57)42-17-11-18-44(32-42)54-36-47-29-26-39-14-5-6-19-48(39)56(47)50-21-8-7-20-49(50)54/h1-36H. The lowest BCUT2D eigenvalue weighted by atomic mass is 9.84. The van der Waals surface area contributed by atoms with Crippen molar-refractivity contribution in [1.29, 1.82) is 0 Å². The highest BCUT2D eigenvalue weighted by Gasteiger charge is 2.19. The number of benzene rings is 12. The third-order valence-corrected chi connectivity index (χ3v) is 12.4. The van der Waals surface area contributed by atoms with Crippen LogP contribution in [-0.2, 0) is 0 Å². The Morgan fingerprint density at radius 1 is 0.190 bits per heavy atom. The summed E-state index contributed by atoms with van der Waals surface area (Å²) >= 11 is 0. The van der Waals surface area contributed by atoms with E-state index in [0.717, 1.165) is 0 Å². The van der Waals surface area contributed by atoms with E-state index in [1.165, 1.54) is 120 Å². The van der Waals surface area contributed by atoms with Gasteiger partial charge in [0.1, 0.15) is 0 Å². The zero-order valence-electron chi connectivity index (χ0n) is 31.8. The van der Waals surface area contributed by atoms with E-state index in [4.69, 9.17) is 0 Å². The average Bonchev–Trinajstić information content (AvgIpc) is 3.29. The molecule has 0 aliphatic heterocycles. The molecule has 0 amide bonds. The molecule has 0 aliphatic rings. The molecule has 0 radical (unpaired) electrons. The molecule has 0 spiro atoms. The first-order valence-corrected chi connectivity index (χ1v) is 20.2. The fourth-order valence-corrected chi connectivity index (χ4v) is 9.65. The van der Waals surface area contributed by atoms with Gasteiger partial charge in [-0.05, 0) is 150 Å². The zero-order valence-corrected chi connectivity index (χ0v) is 31.8. The van der Waals surface area contributed by atoms with Crippen molar-refractivity contribution in [1.82, 2.24) is 0 Å². The normalized spacial score (nSPS) is 11.8. The summed E-state index contributed by atoms with van der Waals surface area (Å²) in [4.78, 5) is 0. The minimum absolute atomic E-state index is 1.20. The monoisotopic (exact) mass is 732 g/mol. The van der Waals surface area contributed by atoms with Crippen molar-refractivity contribution >= 4 is 75.4 Å². The number of rotatable bonds is 4. The van der Waals surface area contributed by atoms with Crippen LogP contribution in [0.4, 0.5) is 0 Å². The second-order valence-corrected chi connectivity index (χ2v) is 15.6. The summed E-state index contributed by atoms with van der Waals surface area (Å²) in [7, 11) is 0. The van der Waals surface area contributed by atoms with Crippen LogP contribution in [0.2, 0.25) is 0 Å². The molecule has 0 atom stereocenters. The fraction of sp³-hybridized carbons (Fsp3) is 0. The Kier molecular flexibility index (Phi) is 7.33. The third kappa shape index (κ3) is 5.16. The molecule has 0 saturated heterocycles. The molecular weight excluding hydrogens is 697 g/mol. The molecule has 0 unspecified atom stereocenters. The Labute approximate surface area is 336 Å². The van der Waals surface area contributed by atoms with Crippen LogP contribution in [-0.4, -0.2) is 0 Å². The molecule has 12 aromatic rings. The van der Waals surface area contributed by atoms with Crippen molar-refractivity contribution in [3.63, 3.8) is 0 Å². The fourth-order valence-electron chi connectivity index (χ4n) is 9.65. The highest BCUT2D eigenvalue weighted by molar-refractivity contribution is 6.24. The van der Waals surface area contributed by atoms with Gasteiger partial charge in [0, 0.05) is 0 Å². The van der Waals surface area contributed by atoms with Gasteiger partial charge in [-0.25, -0.2) is 0 Å². The van der Waals surface area contributed by atoms with Gasteiger partial charge in [0.15, 0.2) is 0 Å². The lowest BCUT2D eigenvalue weighted by Gasteiger charge is -2.19. The third-order valence-electron chi connectivity index (χ3n) is 12.4. The first-order chi connectivity index (χ1) is 28.7. The van der Waals surface area contributed by atoms with E-state index in [2.05, 4.69) is 218 Å². The van der Waals surface area contributed by atoms with Crippen LogP contribution in [0.3, 0.4) is 0 Å². The number of fused-ring (bicyclic) bond motifs is 9. The molecule has 0 saturated carbocycles. The summed E-state index contributed by atoms with van der Waals surface area (Å²) in [5.74, 6) is 0. The van der Waals surface area contributed by atoms with Crippen LogP contribution in [0.5, 0.6) is 0 Å². The van der Waals surface area contributed by atoms with Gasteiger partial charge in [-0.1, -0.05) is 188 Å². The number of hydrogen-bond donors (Lipinski definition) is 0. The van der Waals surface area contributed by atoms with Crippen LogP contribution >= 0.6 is 0 Å². The van der Waals surface area contributed by atoms with Gasteiger partial charge >= 0.3 is 0 Å². The van der Waals surface area contributed by atoms with Crippen LogP contribution < -0.4 is 0 Å².